The molecular weight excluding hydrogens is 220 g/mol. The lowest BCUT2D eigenvalue weighted by Gasteiger charge is -2.22. The van der Waals surface area contributed by atoms with Crippen LogP contribution in [-0.4, -0.2) is 22.4 Å². The highest BCUT2D eigenvalue weighted by atomic mass is 19.1. The molecule has 0 amide bonds. The van der Waals surface area contributed by atoms with E-state index in [1.807, 2.05) is 0 Å². The Kier molecular flexibility index (Phi) is 2.43. The summed E-state index contributed by atoms with van der Waals surface area (Å²) >= 11 is 0. The summed E-state index contributed by atoms with van der Waals surface area (Å²) in [5.74, 6) is -4.45. The van der Waals surface area contributed by atoms with Crippen molar-refractivity contribution >= 4 is 17.9 Å². The van der Waals surface area contributed by atoms with Crippen LogP contribution < -0.4 is 0 Å². The first-order valence-electron chi connectivity index (χ1n) is 4.44. The SMILES string of the molecule is O=C(O)C1C=Nc2cc(F)cc(F)c2C1O. The van der Waals surface area contributed by atoms with Crippen LogP contribution >= 0.6 is 0 Å². The summed E-state index contributed by atoms with van der Waals surface area (Å²) in [5, 5.41) is 18.4. The molecule has 1 aromatic rings. The largest absolute Gasteiger partial charge is 0.481 e. The van der Waals surface area contributed by atoms with E-state index in [0.717, 1.165) is 12.3 Å². The molecule has 0 spiro atoms. The van der Waals surface area contributed by atoms with Crippen molar-refractivity contribution < 1.29 is 23.8 Å². The second kappa shape index (κ2) is 3.64. The Morgan fingerprint density at radius 2 is 2.06 bits per heavy atom. The predicted molar refractivity (Wildman–Crippen MR) is 50.6 cm³/mol. The number of aliphatic hydroxyl groups is 1. The van der Waals surface area contributed by atoms with Crippen molar-refractivity contribution in [1.82, 2.24) is 0 Å². The van der Waals surface area contributed by atoms with Crippen molar-refractivity contribution in [1.29, 1.82) is 0 Å². The van der Waals surface area contributed by atoms with Gasteiger partial charge in [-0.05, 0) is 0 Å². The van der Waals surface area contributed by atoms with Gasteiger partial charge in [-0.2, -0.15) is 0 Å². The molecular formula is C10H7F2NO3. The summed E-state index contributed by atoms with van der Waals surface area (Å²) in [6, 6.07) is 1.53. The van der Waals surface area contributed by atoms with Gasteiger partial charge in [0.05, 0.1) is 5.69 Å². The average molecular weight is 227 g/mol. The molecule has 6 heteroatoms. The van der Waals surface area contributed by atoms with Crippen LogP contribution in [0.5, 0.6) is 0 Å². The number of hydrogen-bond donors (Lipinski definition) is 2. The lowest BCUT2D eigenvalue weighted by atomic mass is 9.92. The van der Waals surface area contributed by atoms with E-state index in [4.69, 9.17) is 5.11 Å². The fourth-order valence-corrected chi connectivity index (χ4v) is 1.59. The Labute approximate surface area is 88.9 Å². The van der Waals surface area contributed by atoms with Gasteiger partial charge in [-0.1, -0.05) is 0 Å². The maximum atomic E-state index is 13.4. The Bertz CT molecular complexity index is 487. The van der Waals surface area contributed by atoms with E-state index >= 15 is 0 Å². The van der Waals surface area contributed by atoms with Crippen molar-refractivity contribution in [2.75, 3.05) is 0 Å². The molecule has 1 heterocycles. The number of carbonyl (C=O) groups is 1. The third-order valence-electron chi connectivity index (χ3n) is 2.37. The highest BCUT2D eigenvalue weighted by Gasteiger charge is 2.33. The summed E-state index contributed by atoms with van der Waals surface area (Å²) in [6.07, 6.45) is -0.584. The summed E-state index contributed by atoms with van der Waals surface area (Å²) < 4.78 is 26.2. The Morgan fingerprint density at radius 3 is 2.69 bits per heavy atom. The van der Waals surface area contributed by atoms with Gasteiger partial charge in [-0.25, -0.2) is 8.78 Å². The number of nitrogens with zero attached hydrogens (tertiary/aromatic N) is 1. The van der Waals surface area contributed by atoms with Crippen LogP contribution in [0.25, 0.3) is 0 Å². The molecule has 0 radical (unpaired) electrons. The Morgan fingerprint density at radius 1 is 1.38 bits per heavy atom. The van der Waals surface area contributed by atoms with Gasteiger partial charge in [-0.3, -0.25) is 9.79 Å². The minimum atomic E-state index is -1.55. The van der Waals surface area contributed by atoms with E-state index in [1.54, 1.807) is 0 Å². The van der Waals surface area contributed by atoms with Gasteiger partial charge < -0.3 is 10.2 Å². The number of halogens is 2. The number of aliphatic hydroxyl groups excluding tert-OH is 1. The topological polar surface area (TPSA) is 69.9 Å². The number of hydrogen-bond acceptors (Lipinski definition) is 3. The molecule has 16 heavy (non-hydrogen) atoms. The third-order valence-corrected chi connectivity index (χ3v) is 2.37. The summed E-state index contributed by atoms with van der Waals surface area (Å²) in [4.78, 5) is 14.3. The van der Waals surface area contributed by atoms with Crippen LogP contribution in [0.2, 0.25) is 0 Å². The van der Waals surface area contributed by atoms with Crippen molar-refractivity contribution in [2.24, 2.45) is 10.9 Å². The van der Waals surface area contributed by atoms with E-state index in [0.29, 0.717) is 6.07 Å². The number of carboxylic acid groups (broad SMARTS) is 1. The zero-order chi connectivity index (χ0) is 11.9. The maximum Gasteiger partial charge on any atom is 0.314 e. The van der Waals surface area contributed by atoms with Crippen molar-refractivity contribution in [3.8, 4) is 0 Å². The Balaban J connectivity index is 2.56. The van der Waals surface area contributed by atoms with Crippen LogP contribution in [-0.2, 0) is 4.79 Å². The Hall–Kier alpha value is -1.82. The zero-order valence-electron chi connectivity index (χ0n) is 7.89. The van der Waals surface area contributed by atoms with E-state index < -0.39 is 29.6 Å². The van der Waals surface area contributed by atoms with Gasteiger partial charge in [0.1, 0.15) is 23.7 Å². The molecule has 0 aliphatic carbocycles. The van der Waals surface area contributed by atoms with Crippen LogP contribution in [0.4, 0.5) is 14.5 Å². The minimum absolute atomic E-state index is 0.0810. The fourth-order valence-electron chi connectivity index (χ4n) is 1.59. The lowest BCUT2D eigenvalue weighted by Crippen LogP contribution is -2.26. The molecule has 4 nitrogen and oxygen atoms in total. The summed E-state index contributed by atoms with van der Waals surface area (Å²) in [7, 11) is 0. The van der Waals surface area contributed by atoms with E-state index in [-0.39, 0.29) is 11.3 Å². The first kappa shape index (κ1) is 10.7. The van der Waals surface area contributed by atoms with Gasteiger partial charge in [-0.15, -0.1) is 0 Å². The van der Waals surface area contributed by atoms with Gasteiger partial charge >= 0.3 is 5.97 Å². The molecule has 0 bridgehead atoms. The predicted octanol–water partition coefficient (Wildman–Crippen LogP) is 1.41. The molecule has 0 fully saturated rings. The maximum absolute atomic E-state index is 13.4. The number of aliphatic carboxylic acids is 1. The molecule has 0 aromatic heterocycles. The monoisotopic (exact) mass is 227 g/mol. The highest BCUT2D eigenvalue weighted by molar-refractivity contribution is 5.92. The zero-order valence-corrected chi connectivity index (χ0v) is 7.89. The first-order valence-corrected chi connectivity index (χ1v) is 4.44. The molecule has 1 aromatic carbocycles. The number of benzene rings is 1. The fraction of sp³-hybridized carbons (Fsp3) is 0.200. The lowest BCUT2D eigenvalue weighted by molar-refractivity contribution is -0.142. The molecule has 0 saturated heterocycles. The number of carboxylic acids is 1. The van der Waals surface area contributed by atoms with Gasteiger partial charge in [0.2, 0.25) is 0 Å². The second-order valence-corrected chi connectivity index (χ2v) is 3.41. The third kappa shape index (κ3) is 1.57. The molecule has 2 atom stereocenters. The van der Waals surface area contributed by atoms with Gasteiger partial charge in [0.25, 0.3) is 0 Å². The second-order valence-electron chi connectivity index (χ2n) is 3.41. The van der Waals surface area contributed by atoms with Crippen LogP contribution in [0.1, 0.15) is 11.7 Å². The van der Waals surface area contributed by atoms with E-state index in [2.05, 4.69) is 4.99 Å². The van der Waals surface area contributed by atoms with Crippen molar-refractivity contribution in [2.45, 2.75) is 6.10 Å². The van der Waals surface area contributed by atoms with E-state index in [9.17, 15) is 18.7 Å². The molecule has 2 rings (SSSR count). The minimum Gasteiger partial charge on any atom is -0.481 e. The van der Waals surface area contributed by atoms with Crippen molar-refractivity contribution in [3.05, 3.63) is 29.3 Å². The van der Waals surface area contributed by atoms with Crippen LogP contribution in [0, 0.1) is 17.6 Å². The molecule has 2 N–H and O–H groups in total. The normalized spacial score (nSPS) is 22.9. The molecule has 2 unspecified atom stereocenters. The number of rotatable bonds is 1. The standard InChI is InChI=1S/C10H7F2NO3/c11-4-1-6(12)8-7(2-4)13-3-5(9(8)14)10(15)16/h1-3,5,9,14H,(H,15,16). The van der Waals surface area contributed by atoms with Gasteiger partial charge in [0, 0.05) is 23.9 Å². The van der Waals surface area contributed by atoms with Gasteiger partial charge in [0.15, 0.2) is 0 Å². The molecule has 1 aliphatic heterocycles. The number of aliphatic imine (C=N–C) groups is 1. The van der Waals surface area contributed by atoms with Crippen molar-refractivity contribution in [3.63, 3.8) is 0 Å². The first-order chi connectivity index (χ1) is 7.50. The van der Waals surface area contributed by atoms with Crippen LogP contribution in [0.3, 0.4) is 0 Å². The smallest absolute Gasteiger partial charge is 0.314 e. The average Bonchev–Trinajstić information content (AvgIpc) is 2.15. The summed E-state index contributed by atoms with van der Waals surface area (Å²) in [5.41, 5.74) is -0.362. The quantitative estimate of drug-likeness (QED) is 0.762. The molecule has 0 saturated carbocycles. The molecule has 1 aliphatic rings. The highest BCUT2D eigenvalue weighted by Crippen LogP contribution is 2.36. The number of fused-ring (bicyclic) bond motifs is 1. The summed E-state index contributed by atoms with van der Waals surface area (Å²) in [6.45, 7) is 0. The van der Waals surface area contributed by atoms with Crippen LogP contribution in [0.15, 0.2) is 17.1 Å². The van der Waals surface area contributed by atoms with E-state index in [1.165, 1.54) is 0 Å². The molecule has 84 valence electrons.